The maximum absolute atomic E-state index is 12.3. The molecule has 2 aromatic carbocycles. The molecule has 1 heterocycles. The molecule has 3 aromatic rings. The number of benzene rings is 2. The number of carbonyl (C=O) groups excluding carboxylic acids is 2. The fourth-order valence-electron chi connectivity index (χ4n) is 3.11. The number of rotatable bonds is 8. The molecule has 3 rings (SSSR count). The Hall–Kier alpha value is -3.08. The molecule has 0 radical (unpaired) electrons. The lowest BCUT2D eigenvalue weighted by atomic mass is 10.1. The van der Waals surface area contributed by atoms with Crippen molar-refractivity contribution in [3.8, 4) is 0 Å². The molecule has 5 heteroatoms. The van der Waals surface area contributed by atoms with Crippen LogP contribution in [0.4, 0.5) is 0 Å². The Kier molecular flexibility index (Phi) is 6.48. The van der Waals surface area contributed by atoms with Crippen molar-refractivity contribution in [2.45, 2.75) is 45.7 Å². The Labute approximate surface area is 165 Å². The number of carbonyl (C=O) groups is 2. The van der Waals surface area contributed by atoms with Crippen molar-refractivity contribution in [3.05, 3.63) is 71.4 Å². The Balaban J connectivity index is 1.52. The van der Waals surface area contributed by atoms with Gasteiger partial charge in [0.05, 0.1) is 0 Å². The molecular formula is C23H27N3O2. The number of amides is 2. The number of hydrogen-bond donors (Lipinski definition) is 3. The fraction of sp³-hybridized carbons (Fsp3) is 0.304. The van der Waals surface area contributed by atoms with Crippen LogP contribution in [0.3, 0.4) is 0 Å². The minimum Gasteiger partial charge on any atom is -0.361 e. The van der Waals surface area contributed by atoms with Crippen molar-refractivity contribution < 1.29 is 9.59 Å². The number of para-hydroxylation sites is 1. The van der Waals surface area contributed by atoms with E-state index in [9.17, 15) is 9.59 Å². The highest BCUT2D eigenvalue weighted by Crippen LogP contribution is 2.18. The van der Waals surface area contributed by atoms with Gasteiger partial charge in [0.25, 0.3) is 5.91 Å². The zero-order chi connectivity index (χ0) is 19.9. The number of fused-ring (bicyclic) bond motifs is 1. The number of nitrogens with one attached hydrogen (secondary N) is 3. The zero-order valence-corrected chi connectivity index (χ0v) is 16.4. The normalized spacial score (nSPS) is 11.9. The van der Waals surface area contributed by atoms with Gasteiger partial charge in [0, 0.05) is 41.7 Å². The summed E-state index contributed by atoms with van der Waals surface area (Å²) in [5.41, 5.74) is 3.77. The van der Waals surface area contributed by atoms with Gasteiger partial charge in [0.2, 0.25) is 5.91 Å². The molecule has 0 spiro atoms. The molecule has 0 saturated heterocycles. The van der Waals surface area contributed by atoms with E-state index < -0.39 is 0 Å². The summed E-state index contributed by atoms with van der Waals surface area (Å²) in [5.74, 6) is -0.0818. The van der Waals surface area contributed by atoms with Crippen LogP contribution in [-0.4, -0.2) is 22.8 Å². The Bertz CT molecular complexity index is 961. The summed E-state index contributed by atoms with van der Waals surface area (Å²) >= 11 is 0. The van der Waals surface area contributed by atoms with E-state index in [2.05, 4.69) is 21.7 Å². The van der Waals surface area contributed by atoms with E-state index >= 15 is 0 Å². The van der Waals surface area contributed by atoms with E-state index in [-0.39, 0.29) is 17.9 Å². The highest BCUT2D eigenvalue weighted by Gasteiger charge is 2.10. The summed E-state index contributed by atoms with van der Waals surface area (Å²) < 4.78 is 0. The van der Waals surface area contributed by atoms with E-state index in [1.165, 1.54) is 0 Å². The van der Waals surface area contributed by atoms with Gasteiger partial charge >= 0.3 is 0 Å². The van der Waals surface area contributed by atoms with Gasteiger partial charge in [0.15, 0.2) is 0 Å². The topological polar surface area (TPSA) is 74.0 Å². The van der Waals surface area contributed by atoms with Crippen molar-refractivity contribution in [2.75, 3.05) is 0 Å². The Morgan fingerprint density at radius 2 is 1.93 bits per heavy atom. The Morgan fingerprint density at radius 1 is 1.11 bits per heavy atom. The largest absolute Gasteiger partial charge is 0.361 e. The minimum absolute atomic E-state index is 0.000240. The molecule has 0 fully saturated rings. The van der Waals surface area contributed by atoms with Crippen LogP contribution in [0, 0.1) is 0 Å². The van der Waals surface area contributed by atoms with Gasteiger partial charge in [-0.15, -0.1) is 0 Å². The summed E-state index contributed by atoms with van der Waals surface area (Å²) in [7, 11) is 0. The standard InChI is InChI=1S/C23H27N3O2/c1-3-16(2)26-23(28)18-8-6-7-17(13-18)14-25-22(27)12-11-19-15-24-21-10-5-4-9-20(19)21/h4-10,13,15-16,24H,3,11-12,14H2,1-2H3,(H,25,27)(H,26,28)/t16-/m0/s1. The first-order valence-electron chi connectivity index (χ1n) is 9.78. The van der Waals surface area contributed by atoms with E-state index in [0.717, 1.165) is 28.5 Å². The maximum Gasteiger partial charge on any atom is 0.251 e. The molecule has 0 aliphatic heterocycles. The third kappa shape index (κ3) is 5.00. The molecule has 1 aromatic heterocycles. The van der Waals surface area contributed by atoms with Crippen molar-refractivity contribution in [2.24, 2.45) is 0 Å². The average Bonchev–Trinajstić information content (AvgIpc) is 3.14. The second-order valence-corrected chi connectivity index (χ2v) is 7.12. The number of aromatic nitrogens is 1. The van der Waals surface area contributed by atoms with Gasteiger partial charge in [-0.05, 0) is 49.1 Å². The molecular weight excluding hydrogens is 350 g/mol. The summed E-state index contributed by atoms with van der Waals surface area (Å²) in [6.07, 6.45) is 3.97. The Morgan fingerprint density at radius 3 is 2.75 bits per heavy atom. The smallest absolute Gasteiger partial charge is 0.251 e. The lowest BCUT2D eigenvalue weighted by Gasteiger charge is -2.12. The predicted octanol–water partition coefficient (Wildman–Crippen LogP) is 3.95. The molecule has 2 amide bonds. The van der Waals surface area contributed by atoms with Gasteiger partial charge in [-0.2, -0.15) is 0 Å². The molecule has 0 aliphatic rings. The first-order valence-corrected chi connectivity index (χ1v) is 9.78. The number of aromatic amines is 1. The molecule has 1 atom stereocenters. The van der Waals surface area contributed by atoms with Crippen molar-refractivity contribution in [1.29, 1.82) is 0 Å². The van der Waals surface area contributed by atoms with Gasteiger partial charge in [-0.3, -0.25) is 9.59 Å². The first-order chi connectivity index (χ1) is 13.6. The highest BCUT2D eigenvalue weighted by atomic mass is 16.2. The summed E-state index contributed by atoms with van der Waals surface area (Å²) in [6, 6.07) is 15.6. The molecule has 5 nitrogen and oxygen atoms in total. The number of aryl methyl sites for hydroxylation is 1. The second kappa shape index (κ2) is 9.22. The molecule has 0 unspecified atom stereocenters. The maximum atomic E-state index is 12.3. The van der Waals surface area contributed by atoms with Crippen LogP contribution in [0.1, 0.15) is 48.2 Å². The van der Waals surface area contributed by atoms with Crippen LogP contribution in [0.15, 0.2) is 54.7 Å². The van der Waals surface area contributed by atoms with E-state index in [1.807, 2.05) is 56.4 Å². The molecule has 0 saturated carbocycles. The van der Waals surface area contributed by atoms with Crippen molar-refractivity contribution >= 4 is 22.7 Å². The predicted molar refractivity (Wildman–Crippen MR) is 112 cm³/mol. The van der Waals surface area contributed by atoms with Gasteiger partial charge in [-0.25, -0.2) is 0 Å². The fourth-order valence-corrected chi connectivity index (χ4v) is 3.11. The van der Waals surface area contributed by atoms with E-state index in [0.29, 0.717) is 24.9 Å². The van der Waals surface area contributed by atoms with Gasteiger partial charge < -0.3 is 15.6 Å². The minimum atomic E-state index is -0.0816. The van der Waals surface area contributed by atoms with E-state index in [1.54, 1.807) is 6.07 Å². The summed E-state index contributed by atoms with van der Waals surface area (Å²) in [6.45, 7) is 4.43. The second-order valence-electron chi connectivity index (χ2n) is 7.12. The zero-order valence-electron chi connectivity index (χ0n) is 16.4. The number of H-pyrrole nitrogens is 1. The van der Waals surface area contributed by atoms with Crippen molar-refractivity contribution in [3.63, 3.8) is 0 Å². The van der Waals surface area contributed by atoms with Crippen LogP contribution in [-0.2, 0) is 17.8 Å². The van der Waals surface area contributed by atoms with Gasteiger partial charge in [-0.1, -0.05) is 37.3 Å². The van der Waals surface area contributed by atoms with Crippen LogP contribution in [0.5, 0.6) is 0 Å². The monoisotopic (exact) mass is 377 g/mol. The molecule has 146 valence electrons. The van der Waals surface area contributed by atoms with Crippen LogP contribution in [0.25, 0.3) is 10.9 Å². The molecule has 28 heavy (non-hydrogen) atoms. The number of hydrogen-bond acceptors (Lipinski definition) is 2. The quantitative estimate of drug-likeness (QED) is 0.556. The molecule has 0 aliphatic carbocycles. The lowest BCUT2D eigenvalue weighted by molar-refractivity contribution is -0.121. The van der Waals surface area contributed by atoms with Crippen LogP contribution < -0.4 is 10.6 Å². The highest BCUT2D eigenvalue weighted by molar-refractivity contribution is 5.94. The first kappa shape index (κ1) is 19.7. The third-order valence-electron chi connectivity index (χ3n) is 4.97. The molecule has 3 N–H and O–H groups in total. The summed E-state index contributed by atoms with van der Waals surface area (Å²) in [4.78, 5) is 27.7. The van der Waals surface area contributed by atoms with Crippen LogP contribution >= 0.6 is 0 Å². The van der Waals surface area contributed by atoms with Gasteiger partial charge in [0.1, 0.15) is 0 Å². The lowest BCUT2D eigenvalue weighted by Crippen LogP contribution is -2.32. The van der Waals surface area contributed by atoms with Crippen LogP contribution in [0.2, 0.25) is 0 Å². The van der Waals surface area contributed by atoms with Crippen molar-refractivity contribution in [1.82, 2.24) is 15.6 Å². The SMILES string of the molecule is CC[C@H](C)NC(=O)c1cccc(CNC(=O)CCc2c[nH]c3ccccc23)c1. The average molecular weight is 377 g/mol. The third-order valence-corrected chi connectivity index (χ3v) is 4.97. The summed E-state index contributed by atoms with van der Waals surface area (Å²) in [5, 5.41) is 7.07. The van der Waals surface area contributed by atoms with E-state index in [4.69, 9.17) is 0 Å². The molecule has 0 bridgehead atoms.